The lowest BCUT2D eigenvalue weighted by Crippen LogP contribution is -2.45. The molecule has 1 unspecified atom stereocenters. The molecule has 144 valence electrons. The highest BCUT2D eigenvalue weighted by atomic mass is 35.5. The summed E-state index contributed by atoms with van der Waals surface area (Å²) in [7, 11) is -3.59. The molecule has 0 fully saturated rings. The van der Waals surface area contributed by atoms with E-state index in [1.807, 2.05) is 6.92 Å². The highest BCUT2D eigenvalue weighted by Crippen LogP contribution is 2.29. The lowest BCUT2D eigenvalue weighted by atomic mass is 10.1. The Balaban J connectivity index is 1.79. The Bertz CT molecular complexity index is 877. The maximum Gasteiger partial charge on any atom is 0.277 e. The molecule has 2 aromatic rings. The number of hydrogen-bond acceptors (Lipinski definition) is 4. The molecule has 0 saturated heterocycles. The molecular weight excluding hydrogens is 372 g/mol. The Morgan fingerprint density at radius 1 is 1.27 bits per heavy atom. The van der Waals surface area contributed by atoms with E-state index in [1.165, 1.54) is 0 Å². The fourth-order valence-corrected chi connectivity index (χ4v) is 5.62. The minimum absolute atomic E-state index is 0.0345. The first-order chi connectivity index (χ1) is 12.4. The molecule has 8 heteroatoms. The topological polar surface area (TPSA) is 58.4 Å². The minimum atomic E-state index is -3.59. The number of imidazole rings is 1. The van der Waals surface area contributed by atoms with Crippen molar-refractivity contribution in [3.63, 3.8) is 0 Å². The second kappa shape index (κ2) is 7.84. The maximum atomic E-state index is 13.1. The van der Waals surface area contributed by atoms with Crippen LogP contribution in [0.4, 0.5) is 0 Å². The van der Waals surface area contributed by atoms with E-state index in [0.717, 1.165) is 38.0 Å². The molecule has 0 bridgehead atoms. The van der Waals surface area contributed by atoms with Crippen LogP contribution in [0.25, 0.3) is 11.0 Å². The summed E-state index contributed by atoms with van der Waals surface area (Å²) >= 11 is 6.07. The standard InChI is InChI=1S/C18H27ClN4O2S/c1-4-21(5-2)10-6-7-14(3)23-12-11-22-17-13-15(19)8-9-16(17)20-18(22)26(23,24)25/h8-9,13-14H,4-7,10-12H2,1-3H3. The first-order valence-electron chi connectivity index (χ1n) is 9.28. The predicted molar refractivity (Wildman–Crippen MR) is 105 cm³/mol. The highest BCUT2D eigenvalue weighted by Gasteiger charge is 2.37. The molecule has 0 aliphatic carbocycles. The molecule has 1 aliphatic heterocycles. The molecule has 6 nitrogen and oxygen atoms in total. The van der Waals surface area contributed by atoms with Gasteiger partial charge < -0.3 is 9.47 Å². The third kappa shape index (κ3) is 3.63. The van der Waals surface area contributed by atoms with Crippen LogP contribution in [0.1, 0.15) is 33.6 Å². The molecule has 1 aromatic carbocycles. The van der Waals surface area contributed by atoms with Crippen LogP contribution in [0.5, 0.6) is 0 Å². The van der Waals surface area contributed by atoms with Crippen LogP contribution >= 0.6 is 11.6 Å². The average Bonchev–Trinajstić information content (AvgIpc) is 2.98. The van der Waals surface area contributed by atoms with Gasteiger partial charge in [0.1, 0.15) is 0 Å². The number of hydrogen-bond donors (Lipinski definition) is 0. The molecule has 1 aliphatic rings. The smallest absolute Gasteiger partial charge is 0.277 e. The van der Waals surface area contributed by atoms with Crippen molar-refractivity contribution < 1.29 is 8.42 Å². The van der Waals surface area contributed by atoms with Crippen molar-refractivity contribution in [1.82, 2.24) is 18.8 Å². The van der Waals surface area contributed by atoms with E-state index in [0.29, 0.717) is 23.6 Å². The Morgan fingerprint density at radius 3 is 2.69 bits per heavy atom. The Labute approximate surface area is 160 Å². The summed E-state index contributed by atoms with van der Waals surface area (Å²) in [5, 5.41) is 0.724. The zero-order chi connectivity index (χ0) is 18.9. The van der Waals surface area contributed by atoms with Crippen LogP contribution in [0.15, 0.2) is 23.4 Å². The molecule has 3 rings (SSSR count). The van der Waals surface area contributed by atoms with E-state index in [4.69, 9.17) is 11.6 Å². The second-order valence-corrected chi connectivity index (χ2v) is 9.03. The zero-order valence-corrected chi connectivity index (χ0v) is 17.2. The average molecular weight is 399 g/mol. The summed E-state index contributed by atoms with van der Waals surface area (Å²) in [5.74, 6) is 0. The zero-order valence-electron chi connectivity index (χ0n) is 15.7. The minimum Gasteiger partial charge on any atom is -0.312 e. The molecule has 0 radical (unpaired) electrons. The van der Waals surface area contributed by atoms with E-state index >= 15 is 0 Å². The van der Waals surface area contributed by atoms with Crippen molar-refractivity contribution in [2.75, 3.05) is 26.2 Å². The van der Waals surface area contributed by atoms with Crippen LogP contribution in [-0.2, 0) is 16.6 Å². The van der Waals surface area contributed by atoms with Gasteiger partial charge in [-0.25, -0.2) is 13.4 Å². The van der Waals surface area contributed by atoms with Gasteiger partial charge in [-0.2, -0.15) is 4.31 Å². The molecule has 2 heterocycles. The fraction of sp³-hybridized carbons (Fsp3) is 0.611. The summed E-state index contributed by atoms with van der Waals surface area (Å²) in [6, 6.07) is 5.26. The van der Waals surface area contributed by atoms with Gasteiger partial charge in [0.15, 0.2) is 0 Å². The number of sulfonamides is 1. The molecular formula is C18H27ClN4O2S. The first-order valence-corrected chi connectivity index (χ1v) is 11.1. The number of aromatic nitrogens is 2. The Hall–Kier alpha value is -1.15. The van der Waals surface area contributed by atoms with Gasteiger partial charge in [-0.3, -0.25) is 0 Å². The number of halogens is 1. The van der Waals surface area contributed by atoms with Gasteiger partial charge in [-0.05, 0) is 57.6 Å². The van der Waals surface area contributed by atoms with E-state index in [9.17, 15) is 8.42 Å². The van der Waals surface area contributed by atoms with Crippen molar-refractivity contribution in [3.05, 3.63) is 23.2 Å². The molecule has 0 amide bonds. The SMILES string of the molecule is CCN(CC)CCCC(C)N1CCn2c(nc3ccc(Cl)cc32)S1(=O)=O. The summed E-state index contributed by atoms with van der Waals surface area (Å²) in [4.78, 5) is 6.74. The van der Waals surface area contributed by atoms with Gasteiger partial charge in [0, 0.05) is 24.2 Å². The fourth-order valence-electron chi connectivity index (χ4n) is 3.66. The molecule has 0 N–H and O–H groups in total. The molecule has 0 spiro atoms. The summed E-state index contributed by atoms with van der Waals surface area (Å²) in [5.41, 5.74) is 1.45. The maximum absolute atomic E-state index is 13.1. The molecule has 0 saturated carbocycles. The first kappa shape index (κ1) is 19.6. The van der Waals surface area contributed by atoms with Crippen molar-refractivity contribution in [3.8, 4) is 0 Å². The van der Waals surface area contributed by atoms with Crippen LogP contribution in [0, 0.1) is 0 Å². The number of benzene rings is 1. The normalized spacial score (nSPS) is 18.3. The van der Waals surface area contributed by atoms with E-state index < -0.39 is 10.0 Å². The van der Waals surface area contributed by atoms with Crippen LogP contribution in [-0.4, -0.2) is 59.4 Å². The van der Waals surface area contributed by atoms with E-state index in [-0.39, 0.29) is 11.2 Å². The van der Waals surface area contributed by atoms with Crippen molar-refractivity contribution in [2.45, 2.75) is 51.4 Å². The predicted octanol–water partition coefficient (Wildman–Crippen LogP) is 3.20. The summed E-state index contributed by atoms with van der Waals surface area (Å²) in [6.45, 7) is 10.4. The number of fused-ring (bicyclic) bond motifs is 3. The van der Waals surface area contributed by atoms with Gasteiger partial charge >= 0.3 is 0 Å². The highest BCUT2D eigenvalue weighted by molar-refractivity contribution is 7.89. The lowest BCUT2D eigenvalue weighted by molar-refractivity contribution is 0.256. The summed E-state index contributed by atoms with van der Waals surface area (Å²) in [6.07, 6.45) is 1.84. The largest absolute Gasteiger partial charge is 0.312 e. The quantitative estimate of drug-likeness (QED) is 0.718. The number of nitrogens with zero attached hydrogens (tertiary/aromatic N) is 4. The molecule has 26 heavy (non-hydrogen) atoms. The summed E-state index contributed by atoms with van der Waals surface area (Å²) < 4.78 is 29.6. The van der Waals surface area contributed by atoms with Gasteiger partial charge in [-0.15, -0.1) is 0 Å². The second-order valence-electron chi connectivity index (χ2n) is 6.81. The lowest BCUT2D eigenvalue weighted by Gasteiger charge is -2.32. The van der Waals surface area contributed by atoms with E-state index in [1.54, 1.807) is 27.1 Å². The van der Waals surface area contributed by atoms with Crippen LogP contribution < -0.4 is 0 Å². The van der Waals surface area contributed by atoms with E-state index in [2.05, 4.69) is 23.7 Å². The van der Waals surface area contributed by atoms with Crippen molar-refractivity contribution >= 4 is 32.7 Å². The Kier molecular flexibility index (Phi) is 5.91. The van der Waals surface area contributed by atoms with Crippen molar-refractivity contribution in [2.24, 2.45) is 0 Å². The van der Waals surface area contributed by atoms with Gasteiger partial charge in [0.25, 0.3) is 10.0 Å². The Morgan fingerprint density at radius 2 is 2.00 bits per heavy atom. The molecule has 1 atom stereocenters. The van der Waals surface area contributed by atoms with Crippen molar-refractivity contribution in [1.29, 1.82) is 0 Å². The van der Waals surface area contributed by atoms with Crippen LogP contribution in [0.2, 0.25) is 5.02 Å². The third-order valence-electron chi connectivity index (χ3n) is 5.24. The monoisotopic (exact) mass is 398 g/mol. The molecule has 1 aromatic heterocycles. The van der Waals surface area contributed by atoms with Gasteiger partial charge in [0.2, 0.25) is 5.16 Å². The number of rotatable bonds is 7. The third-order valence-corrected chi connectivity index (χ3v) is 7.41. The van der Waals surface area contributed by atoms with Gasteiger partial charge in [0.05, 0.1) is 11.0 Å². The van der Waals surface area contributed by atoms with Gasteiger partial charge in [-0.1, -0.05) is 25.4 Å². The van der Waals surface area contributed by atoms with Crippen LogP contribution in [0.3, 0.4) is 0 Å².